The second kappa shape index (κ2) is 8.63. The number of nitrogens with one attached hydrogen (secondary N) is 1. The standard InChI is InChI=1S/C20H18Cl2N2O4/c1-12(25)23-14-5-7-15(8-6-14)28-20(27)18-3-2-10-24(18)19(26)16-11-13(21)4-9-17(16)22/h4-9,11,18H,2-3,10H2,1H3,(H,23,25). The van der Waals surface area contributed by atoms with E-state index in [4.69, 9.17) is 27.9 Å². The lowest BCUT2D eigenvalue weighted by Gasteiger charge is -2.23. The molecule has 0 radical (unpaired) electrons. The van der Waals surface area contributed by atoms with Crippen molar-refractivity contribution in [1.82, 2.24) is 4.90 Å². The SMILES string of the molecule is CC(=O)Nc1ccc(OC(=O)C2CCCN2C(=O)c2cc(Cl)ccc2Cl)cc1. The molecule has 1 heterocycles. The van der Waals surface area contributed by atoms with Gasteiger partial charge in [-0.2, -0.15) is 0 Å². The van der Waals surface area contributed by atoms with Gasteiger partial charge in [0.1, 0.15) is 11.8 Å². The first-order valence-corrected chi connectivity index (χ1v) is 9.46. The van der Waals surface area contributed by atoms with Crippen molar-refractivity contribution in [2.45, 2.75) is 25.8 Å². The van der Waals surface area contributed by atoms with Gasteiger partial charge in [0.05, 0.1) is 10.6 Å². The maximum Gasteiger partial charge on any atom is 0.334 e. The van der Waals surface area contributed by atoms with E-state index >= 15 is 0 Å². The molecule has 0 aliphatic carbocycles. The topological polar surface area (TPSA) is 75.7 Å². The smallest absolute Gasteiger partial charge is 0.334 e. The van der Waals surface area contributed by atoms with Crippen LogP contribution in [-0.2, 0) is 9.59 Å². The third-order valence-electron chi connectivity index (χ3n) is 4.34. The Bertz CT molecular complexity index is 915. The van der Waals surface area contributed by atoms with Gasteiger partial charge in [-0.15, -0.1) is 0 Å². The zero-order chi connectivity index (χ0) is 20.3. The number of anilines is 1. The maximum absolute atomic E-state index is 12.9. The second-order valence-electron chi connectivity index (χ2n) is 6.41. The molecule has 0 saturated carbocycles. The van der Waals surface area contributed by atoms with E-state index in [-0.39, 0.29) is 22.4 Å². The molecule has 28 heavy (non-hydrogen) atoms. The van der Waals surface area contributed by atoms with Crippen molar-refractivity contribution in [3.05, 3.63) is 58.1 Å². The highest BCUT2D eigenvalue weighted by atomic mass is 35.5. The fourth-order valence-electron chi connectivity index (χ4n) is 3.06. The van der Waals surface area contributed by atoms with E-state index in [0.717, 1.165) is 0 Å². The van der Waals surface area contributed by atoms with Crippen molar-refractivity contribution in [3.63, 3.8) is 0 Å². The first-order chi connectivity index (χ1) is 13.3. The lowest BCUT2D eigenvalue weighted by Crippen LogP contribution is -2.42. The Morgan fingerprint density at radius 1 is 1.11 bits per heavy atom. The van der Waals surface area contributed by atoms with Crippen molar-refractivity contribution in [2.75, 3.05) is 11.9 Å². The molecule has 8 heteroatoms. The van der Waals surface area contributed by atoms with Crippen LogP contribution in [0.5, 0.6) is 5.75 Å². The molecule has 1 aliphatic heterocycles. The molecule has 1 unspecified atom stereocenters. The number of esters is 1. The number of halogens is 2. The van der Waals surface area contributed by atoms with Gasteiger partial charge in [-0.05, 0) is 55.3 Å². The summed E-state index contributed by atoms with van der Waals surface area (Å²) in [5, 5.41) is 3.31. The first-order valence-electron chi connectivity index (χ1n) is 8.70. The van der Waals surface area contributed by atoms with Crippen molar-refractivity contribution in [1.29, 1.82) is 0 Å². The Balaban J connectivity index is 1.71. The highest BCUT2D eigenvalue weighted by Gasteiger charge is 2.36. The van der Waals surface area contributed by atoms with E-state index in [2.05, 4.69) is 5.32 Å². The number of carbonyl (C=O) groups excluding carboxylic acids is 3. The number of amides is 2. The third-order valence-corrected chi connectivity index (χ3v) is 4.90. The third kappa shape index (κ3) is 4.64. The minimum Gasteiger partial charge on any atom is -0.425 e. The van der Waals surface area contributed by atoms with E-state index in [1.807, 2.05) is 0 Å². The Morgan fingerprint density at radius 2 is 1.82 bits per heavy atom. The van der Waals surface area contributed by atoms with Gasteiger partial charge in [-0.1, -0.05) is 23.2 Å². The van der Waals surface area contributed by atoms with Crippen LogP contribution in [0.15, 0.2) is 42.5 Å². The van der Waals surface area contributed by atoms with E-state index in [1.54, 1.807) is 36.4 Å². The first kappa shape index (κ1) is 20.2. The number of hydrogen-bond donors (Lipinski definition) is 1. The number of rotatable bonds is 4. The summed E-state index contributed by atoms with van der Waals surface area (Å²) in [4.78, 5) is 38.0. The summed E-state index contributed by atoms with van der Waals surface area (Å²) in [7, 11) is 0. The minimum atomic E-state index is -0.697. The summed E-state index contributed by atoms with van der Waals surface area (Å²) in [6.07, 6.45) is 1.19. The normalized spacial score (nSPS) is 16.0. The van der Waals surface area contributed by atoms with Crippen LogP contribution in [0, 0.1) is 0 Å². The molecular formula is C20H18Cl2N2O4. The highest BCUT2D eigenvalue weighted by Crippen LogP contribution is 2.27. The molecule has 1 saturated heterocycles. The lowest BCUT2D eigenvalue weighted by atomic mass is 10.1. The van der Waals surface area contributed by atoms with Crippen LogP contribution in [0.3, 0.4) is 0 Å². The predicted molar refractivity (Wildman–Crippen MR) is 107 cm³/mol. The van der Waals surface area contributed by atoms with Crippen molar-refractivity contribution < 1.29 is 19.1 Å². The molecule has 1 atom stereocenters. The fourth-order valence-corrected chi connectivity index (χ4v) is 3.44. The number of hydrogen-bond acceptors (Lipinski definition) is 4. The molecule has 0 aromatic heterocycles. The van der Waals surface area contributed by atoms with Crippen LogP contribution in [0.1, 0.15) is 30.1 Å². The van der Waals surface area contributed by atoms with Crippen LogP contribution in [0.25, 0.3) is 0 Å². The summed E-state index contributed by atoms with van der Waals surface area (Å²) in [5.74, 6) is -0.729. The van der Waals surface area contributed by atoms with Gasteiger partial charge in [-0.25, -0.2) is 4.79 Å². The van der Waals surface area contributed by atoms with E-state index in [0.29, 0.717) is 35.8 Å². The Hall–Kier alpha value is -2.57. The molecule has 2 aromatic rings. The predicted octanol–water partition coefficient (Wildman–Crippen LogP) is 4.16. The second-order valence-corrected chi connectivity index (χ2v) is 7.25. The summed E-state index contributed by atoms with van der Waals surface area (Å²) < 4.78 is 5.42. The number of nitrogens with zero attached hydrogens (tertiary/aromatic N) is 1. The van der Waals surface area contributed by atoms with Crippen molar-refractivity contribution in [3.8, 4) is 5.75 Å². The van der Waals surface area contributed by atoms with Gasteiger partial charge in [0.2, 0.25) is 5.91 Å². The van der Waals surface area contributed by atoms with E-state index in [1.165, 1.54) is 17.9 Å². The van der Waals surface area contributed by atoms with Gasteiger partial charge >= 0.3 is 5.97 Å². The van der Waals surface area contributed by atoms with Gasteiger partial charge in [0.25, 0.3) is 5.91 Å². The molecule has 1 fully saturated rings. The molecule has 3 rings (SSSR count). The quantitative estimate of drug-likeness (QED) is 0.594. The Labute approximate surface area is 172 Å². The molecular weight excluding hydrogens is 403 g/mol. The molecule has 0 bridgehead atoms. The van der Waals surface area contributed by atoms with Gasteiger partial charge in [-0.3, -0.25) is 9.59 Å². The summed E-state index contributed by atoms with van der Waals surface area (Å²) in [6, 6.07) is 10.4. The number of likely N-dealkylation sites (tertiary alicyclic amines) is 1. The van der Waals surface area contributed by atoms with E-state index < -0.39 is 12.0 Å². The van der Waals surface area contributed by atoms with Crippen LogP contribution in [0.2, 0.25) is 10.0 Å². The molecule has 1 aliphatic rings. The largest absolute Gasteiger partial charge is 0.425 e. The monoisotopic (exact) mass is 420 g/mol. The molecule has 6 nitrogen and oxygen atoms in total. The van der Waals surface area contributed by atoms with Gasteiger partial charge in [0.15, 0.2) is 0 Å². The average Bonchev–Trinajstić information content (AvgIpc) is 3.14. The highest BCUT2D eigenvalue weighted by molar-refractivity contribution is 6.35. The Kier molecular flexibility index (Phi) is 6.21. The molecule has 146 valence electrons. The van der Waals surface area contributed by atoms with Crippen LogP contribution >= 0.6 is 23.2 Å². The van der Waals surface area contributed by atoms with Crippen molar-refractivity contribution in [2.24, 2.45) is 0 Å². The minimum absolute atomic E-state index is 0.190. The zero-order valence-corrected chi connectivity index (χ0v) is 16.6. The number of ether oxygens (including phenoxy) is 1. The molecule has 0 spiro atoms. The average molecular weight is 421 g/mol. The maximum atomic E-state index is 12.9. The number of carbonyl (C=O) groups is 3. The van der Waals surface area contributed by atoms with Crippen LogP contribution in [0.4, 0.5) is 5.69 Å². The zero-order valence-electron chi connectivity index (χ0n) is 15.1. The lowest BCUT2D eigenvalue weighted by molar-refractivity contribution is -0.138. The van der Waals surface area contributed by atoms with Crippen molar-refractivity contribution >= 4 is 46.7 Å². The van der Waals surface area contributed by atoms with Crippen LogP contribution < -0.4 is 10.1 Å². The summed E-state index contributed by atoms with van der Waals surface area (Å²) >= 11 is 12.1. The fraction of sp³-hybridized carbons (Fsp3) is 0.250. The van der Waals surface area contributed by atoms with Gasteiger partial charge < -0.3 is 15.0 Å². The Morgan fingerprint density at radius 3 is 2.50 bits per heavy atom. The van der Waals surface area contributed by atoms with Crippen LogP contribution in [-0.4, -0.2) is 35.3 Å². The molecule has 1 N–H and O–H groups in total. The summed E-state index contributed by atoms with van der Waals surface area (Å²) in [6.45, 7) is 1.84. The molecule has 2 amide bonds. The summed E-state index contributed by atoms with van der Waals surface area (Å²) in [5.41, 5.74) is 0.856. The number of benzene rings is 2. The van der Waals surface area contributed by atoms with E-state index in [9.17, 15) is 14.4 Å². The molecule has 2 aromatic carbocycles. The van der Waals surface area contributed by atoms with Gasteiger partial charge in [0, 0.05) is 24.2 Å².